The summed E-state index contributed by atoms with van der Waals surface area (Å²) in [7, 11) is -4.06. The highest BCUT2D eigenvalue weighted by Crippen LogP contribution is 2.36. The highest BCUT2D eigenvalue weighted by molar-refractivity contribution is 7.86. The fraction of sp³-hybridized carbons (Fsp3) is 0.600. The summed E-state index contributed by atoms with van der Waals surface area (Å²) in [6, 6.07) is 6.25. The van der Waals surface area contributed by atoms with Crippen molar-refractivity contribution in [2.24, 2.45) is 0 Å². The van der Waals surface area contributed by atoms with Crippen LogP contribution in [-0.4, -0.2) is 50.5 Å². The van der Waals surface area contributed by atoms with Crippen LogP contribution in [0.2, 0.25) is 0 Å². The van der Waals surface area contributed by atoms with Gasteiger partial charge in [0.15, 0.2) is 18.2 Å². The van der Waals surface area contributed by atoms with Crippen molar-refractivity contribution in [3.8, 4) is 0 Å². The maximum absolute atomic E-state index is 12.4. The monoisotopic (exact) mass is 344 g/mol. The second-order valence-corrected chi connectivity index (χ2v) is 7.76. The van der Waals surface area contributed by atoms with Crippen molar-refractivity contribution in [3.63, 3.8) is 0 Å². The Labute approximate surface area is 135 Å². The van der Waals surface area contributed by atoms with Gasteiger partial charge < -0.3 is 19.3 Å². The van der Waals surface area contributed by atoms with E-state index in [0.29, 0.717) is 0 Å². The number of fused-ring (bicyclic) bond motifs is 1. The summed E-state index contributed by atoms with van der Waals surface area (Å²) < 4.78 is 46.5. The summed E-state index contributed by atoms with van der Waals surface area (Å²) in [5.41, 5.74) is 0.930. The van der Waals surface area contributed by atoms with E-state index >= 15 is 0 Å². The Hall–Kier alpha value is -1.03. The van der Waals surface area contributed by atoms with Crippen LogP contribution in [0.3, 0.4) is 0 Å². The quantitative estimate of drug-likeness (QED) is 0.816. The van der Waals surface area contributed by atoms with E-state index in [4.69, 9.17) is 18.4 Å². The molecule has 1 N–H and O–H groups in total. The molecule has 8 heteroatoms. The molecule has 2 fully saturated rings. The molecular formula is C15H20O7S. The molecule has 1 aromatic carbocycles. The number of rotatable bonds is 3. The Morgan fingerprint density at radius 1 is 1.22 bits per heavy atom. The molecule has 2 heterocycles. The number of aliphatic hydroxyl groups excluding tert-OH is 1. The number of hydrogen-bond acceptors (Lipinski definition) is 7. The molecule has 2 aliphatic heterocycles. The lowest BCUT2D eigenvalue weighted by Gasteiger charge is -2.34. The number of benzene rings is 1. The van der Waals surface area contributed by atoms with E-state index in [9.17, 15) is 13.5 Å². The summed E-state index contributed by atoms with van der Waals surface area (Å²) >= 11 is 0. The average molecular weight is 344 g/mol. The number of hydrogen-bond donors (Lipinski definition) is 1. The van der Waals surface area contributed by atoms with Crippen molar-refractivity contribution in [1.29, 1.82) is 0 Å². The van der Waals surface area contributed by atoms with E-state index in [1.54, 1.807) is 26.0 Å². The van der Waals surface area contributed by atoms with E-state index in [0.717, 1.165) is 5.56 Å². The molecule has 1 aromatic rings. The van der Waals surface area contributed by atoms with Crippen molar-refractivity contribution in [2.75, 3.05) is 6.61 Å². The number of aliphatic hydroxyl groups is 1. The summed E-state index contributed by atoms with van der Waals surface area (Å²) in [4.78, 5) is 0.00981. The van der Waals surface area contributed by atoms with Crippen molar-refractivity contribution < 1.29 is 31.9 Å². The average Bonchev–Trinajstić information content (AvgIpc) is 2.77. The van der Waals surface area contributed by atoms with Crippen LogP contribution in [0.15, 0.2) is 29.2 Å². The largest absolute Gasteiger partial charge is 0.366 e. The summed E-state index contributed by atoms with van der Waals surface area (Å²) in [5.74, 6) is -0.891. The minimum absolute atomic E-state index is 0.00981. The molecule has 0 amide bonds. The predicted octanol–water partition coefficient (Wildman–Crippen LogP) is 0.938. The summed E-state index contributed by atoms with van der Waals surface area (Å²) in [5, 5.41) is 9.99. The van der Waals surface area contributed by atoms with Gasteiger partial charge in [-0.15, -0.1) is 0 Å². The van der Waals surface area contributed by atoms with Crippen LogP contribution in [0.4, 0.5) is 0 Å². The molecule has 23 heavy (non-hydrogen) atoms. The van der Waals surface area contributed by atoms with E-state index in [1.165, 1.54) is 12.1 Å². The lowest BCUT2D eigenvalue weighted by atomic mass is 10.1. The van der Waals surface area contributed by atoms with Crippen molar-refractivity contribution in [2.45, 2.75) is 56.1 Å². The first kappa shape index (κ1) is 16.8. The van der Waals surface area contributed by atoms with E-state index in [1.807, 2.05) is 6.92 Å². The third kappa shape index (κ3) is 3.42. The molecule has 0 aromatic heterocycles. The molecule has 128 valence electrons. The summed E-state index contributed by atoms with van der Waals surface area (Å²) in [6.07, 6.45) is -3.82. The second-order valence-electron chi connectivity index (χ2n) is 6.19. The van der Waals surface area contributed by atoms with Gasteiger partial charge in [0.1, 0.15) is 12.2 Å². The van der Waals surface area contributed by atoms with Gasteiger partial charge in [-0.25, -0.2) is 0 Å². The zero-order chi connectivity index (χ0) is 16.8. The van der Waals surface area contributed by atoms with Crippen LogP contribution in [0.25, 0.3) is 0 Å². The van der Waals surface area contributed by atoms with E-state index in [-0.39, 0.29) is 11.5 Å². The van der Waals surface area contributed by atoms with Gasteiger partial charge in [-0.2, -0.15) is 8.42 Å². The van der Waals surface area contributed by atoms with Crippen LogP contribution < -0.4 is 0 Å². The number of aryl methyl sites for hydroxylation is 1. The molecule has 0 aliphatic carbocycles. The van der Waals surface area contributed by atoms with Crippen LogP contribution in [-0.2, 0) is 28.5 Å². The lowest BCUT2D eigenvalue weighted by molar-refractivity contribution is -0.221. The first-order valence-corrected chi connectivity index (χ1v) is 8.74. The third-order valence-electron chi connectivity index (χ3n) is 3.81. The van der Waals surface area contributed by atoms with E-state index < -0.39 is 40.5 Å². The maximum atomic E-state index is 12.4. The minimum Gasteiger partial charge on any atom is -0.366 e. The van der Waals surface area contributed by atoms with Crippen LogP contribution in [0.5, 0.6) is 0 Å². The second kappa shape index (κ2) is 5.80. The molecule has 7 nitrogen and oxygen atoms in total. The highest BCUT2D eigenvalue weighted by atomic mass is 32.2. The topological polar surface area (TPSA) is 91.3 Å². The smallest absolute Gasteiger partial charge is 0.297 e. The molecule has 0 radical (unpaired) electrons. The van der Waals surface area contributed by atoms with Crippen molar-refractivity contribution >= 4 is 10.1 Å². The molecule has 0 bridgehead atoms. The molecule has 4 unspecified atom stereocenters. The first-order valence-electron chi connectivity index (χ1n) is 7.33. The van der Waals surface area contributed by atoms with Gasteiger partial charge in [0.2, 0.25) is 0 Å². The standard InChI is InChI=1S/C15H20O7S/c1-9-4-6-10(7-5-9)23(17,18)22-13-12-11(8-19-14(13)16)20-15(2,3)21-12/h4-7,11-14,16H,8H2,1-3H3. The summed E-state index contributed by atoms with van der Waals surface area (Å²) in [6.45, 7) is 5.39. The van der Waals surface area contributed by atoms with Gasteiger partial charge in [-0.3, -0.25) is 4.18 Å². The van der Waals surface area contributed by atoms with Crippen LogP contribution >= 0.6 is 0 Å². The Kier molecular flexibility index (Phi) is 4.24. The zero-order valence-corrected chi connectivity index (χ0v) is 13.9. The Morgan fingerprint density at radius 2 is 1.87 bits per heavy atom. The molecular weight excluding hydrogens is 324 g/mol. The molecule has 4 atom stereocenters. The molecule has 2 aliphatic rings. The van der Waals surface area contributed by atoms with Gasteiger partial charge in [0.05, 0.1) is 11.5 Å². The Bertz CT molecular complexity index is 668. The van der Waals surface area contributed by atoms with Crippen LogP contribution in [0, 0.1) is 6.92 Å². The molecule has 3 rings (SSSR count). The minimum atomic E-state index is -4.06. The highest BCUT2D eigenvalue weighted by Gasteiger charge is 2.52. The van der Waals surface area contributed by atoms with Gasteiger partial charge in [-0.05, 0) is 32.9 Å². The number of ether oxygens (including phenoxy) is 3. The third-order valence-corrected chi connectivity index (χ3v) is 5.13. The molecule has 0 saturated carbocycles. The normalized spacial score (nSPS) is 33.4. The Morgan fingerprint density at radius 3 is 2.52 bits per heavy atom. The predicted molar refractivity (Wildman–Crippen MR) is 79.0 cm³/mol. The first-order chi connectivity index (χ1) is 10.7. The Balaban J connectivity index is 1.83. The van der Waals surface area contributed by atoms with Crippen molar-refractivity contribution in [1.82, 2.24) is 0 Å². The van der Waals surface area contributed by atoms with Gasteiger partial charge >= 0.3 is 0 Å². The lowest BCUT2D eigenvalue weighted by Crippen LogP contribution is -2.53. The van der Waals surface area contributed by atoms with E-state index in [2.05, 4.69) is 0 Å². The fourth-order valence-corrected chi connectivity index (χ4v) is 3.81. The maximum Gasteiger partial charge on any atom is 0.297 e. The van der Waals surface area contributed by atoms with Crippen molar-refractivity contribution in [3.05, 3.63) is 29.8 Å². The van der Waals surface area contributed by atoms with Gasteiger partial charge in [0, 0.05) is 0 Å². The van der Waals surface area contributed by atoms with Gasteiger partial charge in [-0.1, -0.05) is 17.7 Å². The zero-order valence-electron chi connectivity index (χ0n) is 13.1. The SMILES string of the molecule is Cc1ccc(S(=O)(=O)OC2C(O)OCC3OC(C)(C)OC32)cc1. The van der Waals surface area contributed by atoms with Gasteiger partial charge in [0.25, 0.3) is 10.1 Å². The van der Waals surface area contributed by atoms with Crippen LogP contribution in [0.1, 0.15) is 19.4 Å². The fourth-order valence-electron chi connectivity index (χ4n) is 2.73. The molecule has 2 saturated heterocycles. The molecule has 0 spiro atoms.